The fourth-order valence-corrected chi connectivity index (χ4v) is 3.00. The van der Waals surface area contributed by atoms with E-state index < -0.39 is 24.2 Å². The molecule has 1 aliphatic carbocycles. The minimum Gasteiger partial charge on any atom is -0.432 e. The van der Waals surface area contributed by atoms with Gasteiger partial charge in [0.05, 0.1) is 6.04 Å². The Bertz CT molecular complexity index is 768. The Balaban J connectivity index is 1.65. The maximum absolute atomic E-state index is 13.7. The van der Waals surface area contributed by atoms with E-state index in [2.05, 4.69) is 15.4 Å². The quantitative estimate of drug-likeness (QED) is 0.845. The molecular formula is C18H17F3N2O2. The van der Waals surface area contributed by atoms with Crippen LogP contribution in [-0.2, 0) is 6.42 Å². The predicted octanol–water partition coefficient (Wildman–Crippen LogP) is 4.63. The molecule has 0 radical (unpaired) electrons. The lowest BCUT2D eigenvalue weighted by molar-refractivity contribution is -0.0521. The molecule has 2 aromatic carbocycles. The van der Waals surface area contributed by atoms with Crippen LogP contribution in [0.4, 0.5) is 23.7 Å². The third-order valence-electron chi connectivity index (χ3n) is 4.08. The van der Waals surface area contributed by atoms with Crippen LogP contribution >= 0.6 is 0 Å². The summed E-state index contributed by atoms with van der Waals surface area (Å²) in [7, 11) is 0. The van der Waals surface area contributed by atoms with Gasteiger partial charge in [0.1, 0.15) is 0 Å². The van der Waals surface area contributed by atoms with Gasteiger partial charge in [0.2, 0.25) is 0 Å². The van der Waals surface area contributed by atoms with E-state index in [4.69, 9.17) is 0 Å². The van der Waals surface area contributed by atoms with Gasteiger partial charge >= 0.3 is 12.6 Å². The number of rotatable bonds is 4. The fraction of sp³-hybridized carbons (Fsp3) is 0.278. The highest BCUT2D eigenvalue weighted by atomic mass is 19.3. The van der Waals surface area contributed by atoms with Gasteiger partial charge in [-0.05, 0) is 42.5 Å². The number of hydrogen-bond donors (Lipinski definition) is 2. The number of anilines is 1. The second kappa shape index (κ2) is 7.46. The van der Waals surface area contributed by atoms with Crippen molar-refractivity contribution in [3.8, 4) is 5.75 Å². The molecule has 1 aliphatic rings. The molecule has 25 heavy (non-hydrogen) atoms. The minimum absolute atomic E-state index is 0.115. The Kier molecular flexibility index (Phi) is 5.11. The summed E-state index contributed by atoms with van der Waals surface area (Å²) in [5.74, 6) is -1.54. The van der Waals surface area contributed by atoms with E-state index in [-0.39, 0.29) is 11.7 Å². The standard InChI is InChI=1S/C18H17F3N2O2/c19-14-10-12(8-9-16(14)25-17(20)21)22-18(24)23-15-7-3-5-11-4-1-2-6-13(11)15/h1-2,4,6,8-10,15,17H,3,5,7H2,(H2,22,23,24). The van der Waals surface area contributed by atoms with E-state index in [1.807, 2.05) is 24.3 Å². The van der Waals surface area contributed by atoms with Gasteiger partial charge in [-0.15, -0.1) is 0 Å². The molecule has 132 valence electrons. The Hall–Kier alpha value is -2.70. The van der Waals surface area contributed by atoms with Crippen molar-refractivity contribution in [3.05, 3.63) is 59.4 Å². The number of urea groups is 1. The third kappa shape index (κ3) is 4.23. The van der Waals surface area contributed by atoms with Crippen LogP contribution in [0.5, 0.6) is 5.75 Å². The van der Waals surface area contributed by atoms with Crippen LogP contribution in [0, 0.1) is 5.82 Å². The van der Waals surface area contributed by atoms with Crippen molar-refractivity contribution >= 4 is 11.7 Å². The first kappa shape index (κ1) is 17.1. The van der Waals surface area contributed by atoms with Gasteiger partial charge in [-0.25, -0.2) is 9.18 Å². The first-order chi connectivity index (χ1) is 12.0. The van der Waals surface area contributed by atoms with E-state index in [0.29, 0.717) is 0 Å². The number of ether oxygens (including phenoxy) is 1. The van der Waals surface area contributed by atoms with Crippen molar-refractivity contribution in [3.63, 3.8) is 0 Å². The van der Waals surface area contributed by atoms with Crippen LogP contribution in [-0.4, -0.2) is 12.6 Å². The van der Waals surface area contributed by atoms with Crippen molar-refractivity contribution < 1.29 is 22.7 Å². The zero-order valence-electron chi connectivity index (χ0n) is 13.3. The molecule has 0 heterocycles. The van der Waals surface area contributed by atoms with Crippen molar-refractivity contribution in [2.45, 2.75) is 31.9 Å². The van der Waals surface area contributed by atoms with Crippen LogP contribution in [0.1, 0.15) is 30.0 Å². The highest BCUT2D eigenvalue weighted by molar-refractivity contribution is 5.89. The van der Waals surface area contributed by atoms with Crippen LogP contribution in [0.25, 0.3) is 0 Å². The lowest BCUT2D eigenvalue weighted by Gasteiger charge is -2.26. The number of carbonyl (C=O) groups is 1. The molecule has 2 aromatic rings. The molecule has 2 N–H and O–H groups in total. The lowest BCUT2D eigenvalue weighted by Crippen LogP contribution is -2.34. The van der Waals surface area contributed by atoms with Crippen molar-refractivity contribution in [2.24, 2.45) is 0 Å². The molecular weight excluding hydrogens is 333 g/mol. The molecule has 0 aromatic heterocycles. The Morgan fingerprint density at radius 3 is 2.76 bits per heavy atom. The number of fused-ring (bicyclic) bond motifs is 1. The minimum atomic E-state index is -3.11. The summed E-state index contributed by atoms with van der Waals surface area (Å²) >= 11 is 0. The number of alkyl halides is 2. The highest BCUT2D eigenvalue weighted by Gasteiger charge is 2.21. The molecule has 7 heteroatoms. The predicted molar refractivity (Wildman–Crippen MR) is 87.3 cm³/mol. The van der Waals surface area contributed by atoms with Crippen LogP contribution in [0.15, 0.2) is 42.5 Å². The normalized spacial score (nSPS) is 16.2. The molecule has 0 bridgehead atoms. The van der Waals surface area contributed by atoms with Crippen LogP contribution in [0.2, 0.25) is 0 Å². The Morgan fingerprint density at radius 1 is 1.20 bits per heavy atom. The average Bonchev–Trinajstić information content (AvgIpc) is 2.57. The number of halogens is 3. The molecule has 0 aliphatic heterocycles. The van der Waals surface area contributed by atoms with E-state index >= 15 is 0 Å². The second-order valence-electron chi connectivity index (χ2n) is 5.77. The van der Waals surface area contributed by atoms with Crippen molar-refractivity contribution in [1.82, 2.24) is 5.32 Å². The Morgan fingerprint density at radius 2 is 2.00 bits per heavy atom. The molecule has 1 unspecified atom stereocenters. The third-order valence-corrected chi connectivity index (χ3v) is 4.08. The maximum atomic E-state index is 13.7. The lowest BCUT2D eigenvalue weighted by atomic mass is 9.88. The Labute approximate surface area is 143 Å². The summed E-state index contributed by atoms with van der Waals surface area (Å²) in [4.78, 5) is 12.2. The first-order valence-corrected chi connectivity index (χ1v) is 7.92. The maximum Gasteiger partial charge on any atom is 0.387 e. The van der Waals surface area contributed by atoms with Crippen molar-refractivity contribution in [1.29, 1.82) is 0 Å². The summed E-state index contributed by atoms with van der Waals surface area (Å²) in [5, 5.41) is 5.37. The molecule has 0 fully saturated rings. The number of carbonyl (C=O) groups excluding carboxylic acids is 1. The fourth-order valence-electron chi connectivity index (χ4n) is 3.00. The van der Waals surface area contributed by atoms with Gasteiger partial charge in [-0.1, -0.05) is 24.3 Å². The van der Waals surface area contributed by atoms with Gasteiger partial charge in [0.25, 0.3) is 0 Å². The molecule has 3 rings (SSSR count). The molecule has 0 saturated heterocycles. The summed E-state index contributed by atoms with van der Waals surface area (Å²) in [6, 6.07) is 10.6. The number of hydrogen-bond acceptors (Lipinski definition) is 2. The van der Waals surface area contributed by atoms with E-state index in [1.165, 1.54) is 11.6 Å². The van der Waals surface area contributed by atoms with Crippen molar-refractivity contribution in [2.75, 3.05) is 5.32 Å². The second-order valence-corrected chi connectivity index (χ2v) is 5.77. The SMILES string of the molecule is O=C(Nc1ccc(OC(F)F)c(F)c1)NC1CCCc2ccccc21. The van der Waals surface area contributed by atoms with E-state index in [9.17, 15) is 18.0 Å². The summed E-state index contributed by atoms with van der Waals surface area (Å²) < 4.78 is 42.0. The van der Waals surface area contributed by atoms with Gasteiger partial charge in [0, 0.05) is 11.8 Å². The van der Waals surface area contributed by atoms with Gasteiger partial charge in [0.15, 0.2) is 11.6 Å². The van der Waals surface area contributed by atoms with Gasteiger partial charge in [-0.3, -0.25) is 0 Å². The van der Waals surface area contributed by atoms with Gasteiger partial charge < -0.3 is 15.4 Å². The molecule has 4 nitrogen and oxygen atoms in total. The number of aryl methyl sites for hydroxylation is 1. The highest BCUT2D eigenvalue weighted by Crippen LogP contribution is 2.29. The van der Waals surface area contributed by atoms with E-state index in [1.54, 1.807) is 0 Å². The number of amides is 2. The number of benzene rings is 2. The monoisotopic (exact) mass is 350 g/mol. The molecule has 0 saturated carbocycles. The number of nitrogens with one attached hydrogen (secondary N) is 2. The molecule has 0 spiro atoms. The van der Waals surface area contributed by atoms with E-state index in [0.717, 1.165) is 37.0 Å². The zero-order valence-corrected chi connectivity index (χ0v) is 13.3. The first-order valence-electron chi connectivity index (χ1n) is 7.92. The molecule has 1 atom stereocenters. The summed E-state index contributed by atoms with van der Waals surface area (Å²) in [5.41, 5.74) is 2.44. The van der Waals surface area contributed by atoms with Crippen LogP contribution in [0.3, 0.4) is 0 Å². The smallest absolute Gasteiger partial charge is 0.387 e. The zero-order chi connectivity index (χ0) is 17.8. The van der Waals surface area contributed by atoms with Gasteiger partial charge in [-0.2, -0.15) is 8.78 Å². The molecule has 2 amide bonds. The summed E-state index contributed by atoms with van der Waals surface area (Å²) in [6.45, 7) is -3.11. The summed E-state index contributed by atoms with van der Waals surface area (Å²) in [6.07, 6.45) is 2.77. The topological polar surface area (TPSA) is 50.4 Å². The average molecular weight is 350 g/mol. The largest absolute Gasteiger partial charge is 0.432 e. The van der Waals surface area contributed by atoms with Crippen LogP contribution < -0.4 is 15.4 Å².